The molecule has 4 aliphatic carbocycles. The van der Waals surface area contributed by atoms with Gasteiger partial charge in [-0.15, -0.1) is 0 Å². The molecule has 4 rings (SSSR count). The highest BCUT2D eigenvalue weighted by atomic mass is 16.5. The fourth-order valence-electron chi connectivity index (χ4n) is 7.48. The Labute approximate surface area is 184 Å². The van der Waals surface area contributed by atoms with Crippen molar-refractivity contribution >= 4 is 11.8 Å². The van der Waals surface area contributed by atoms with Gasteiger partial charge in [-0.3, -0.25) is 9.59 Å². The monoisotopic (exact) mass is 432 g/mol. The molecule has 0 aromatic rings. The van der Waals surface area contributed by atoms with Crippen molar-refractivity contribution in [1.29, 1.82) is 0 Å². The molecular weight excluding hydrogens is 396 g/mol. The highest BCUT2D eigenvalue weighted by Crippen LogP contribution is 2.67. The van der Waals surface area contributed by atoms with Crippen LogP contribution in [0.1, 0.15) is 66.2 Å². The number of esters is 1. The molecule has 4 aliphatic rings. The Morgan fingerprint density at radius 3 is 2.68 bits per heavy atom. The van der Waals surface area contributed by atoms with Gasteiger partial charge in [0.25, 0.3) is 0 Å². The van der Waals surface area contributed by atoms with E-state index in [0.717, 1.165) is 31.4 Å². The molecular formula is C25H36O6. The van der Waals surface area contributed by atoms with Crippen molar-refractivity contribution < 1.29 is 29.3 Å². The molecule has 0 aromatic carbocycles. The summed E-state index contributed by atoms with van der Waals surface area (Å²) in [6.07, 6.45) is 7.95. The molecule has 0 aliphatic heterocycles. The first-order valence-electron chi connectivity index (χ1n) is 11.7. The predicted octanol–water partition coefficient (Wildman–Crippen LogP) is 3.31. The van der Waals surface area contributed by atoms with Crippen molar-refractivity contribution in [3.8, 4) is 0 Å². The van der Waals surface area contributed by atoms with Crippen LogP contribution < -0.4 is 0 Å². The number of carbonyl (C=O) groups is 2. The molecule has 2 N–H and O–H groups in total. The van der Waals surface area contributed by atoms with Gasteiger partial charge in [-0.05, 0) is 73.8 Å². The van der Waals surface area contributed by atoms with E-state index in [9.17, 15) is 19.8 Å². The van der Waals surface area contributed by atoms with Crippen molar-refractivity contribution in [3.63, 3.8) is 0 Å². The summed E-state index contributed by atoms with van der Waals surface area (Å²) in [4.78, 5) is 24.1. The molecule has 7 atom stereocenters. The van der Waals surface area contributed by atoms with Gasteiger partial charge in [0.15, 0.2) is 6.61 Å². The van der Waals surface area contributed by atoms with Crippen LogP contribution in [0, 0.1) is 28.6 Å². The number of ether oxygens (including phenoxy) is 2. The number of ketones is 1. The third-order valence-corrected chi connectivity index (χ3v) is 9.02. The van der Waals surface area contributed by atoms with E-state index >= 15 is 0 Å². The number of carbonyl (C=O) groups excluding carboxylic acids is 2. The first kappa shape index (κ1) is 22.5. The Morgan fingerprint density at radius 2 is 2.00 bits per heavy atom. The maximum absolute atomic E-state index is 12.9. The van der Waals surface area contributed by atoms with Crippen LogP contribution in [0.4, 0.5) is 0 Å². The zero-order valence-corrected chi connectivity index (χ0v) is 19.1. The Morgan fingerprint density at radius 1 is 1.26 bits per heavy atom. The second-order valence-corrected chi connectivity index (χ2v) is 10.4. The van der Waals surface area contributed by atoms with Gasteiger partial charge in [0, 0.05) is 18.8 Å². The number of hydrogen-bond donors (Lipinski definition) is 2. The fraction of sp³-hybridized carbons (Fsp3) is 0.760. The van der Waals surface area contributed by atoms with Crippen LogP contribution in [0.5, 0.6) is 0 Å². The third kappa shape index (κ3) is 3.29. The van der Waals surface area contributed by atoms with Crippen LogP contribution in [0.2, 0.25) is 0 Å². The van der Waals surface area contributed by atoms with Gasteiger partial charge in [0.2, 0.25) is 5.78 Å². The number of fused-ring (bicyclic) bond motifs is 5. The number of hydrogen-bond acceptors (Lipinski definition) is 6. The van der Waals surface area contributed by atoms with Crippen molar-refractivity contribution in [1.82, 2.24) is 0 Å². The third-order valence-electron chi connectivity index (χ3n) is 9.02. The first-order chi connectivity index (χ1) is 14.6. The normalized spacial score (nSPS) is 43.7. The lowest BCUT2D eigenvalue weighted by Crippen LogP contribution is -2.61. The van der Waals surface area contributed by atoms with E-state index in [-0.39, 0.29) is 23.2 Å². The molecule has 0 unspecified atom stereocenters. The Bertz CT molecular complexity index is 830. The van der Waals surface area contributed by atoms with E-state index in [1.165, 1.54) is 12.5 Å². The lowest BCUT2D eigenvalue weighted by molar-refractivity contribution is -0.181. The van der Waals surface area contributed by atoms with Gasteiger partial charge < -0.3 is 19.7 Å². The minimum absolute atomic E-state index is 0.0934. The van der Waals surface area contributed by atoms with Gasteiger partial charge in [0.1, 0.15) is 5.60 Å². The zero-order chi connectivity index (χ0) is 22.6. The number of Topliss-reactive ketones (excluding diaryl/α,β-unsaturated/α-hetero) is 1. The van der Waals surface area contributed by atoms with Crippen LogP contribution in [0.25, 0.3) is 0 Å². The van der Waals surface area contributed by atoms with Crippen LogP contribution >= 0.6 is 0 Å². The molecule has 31 heavy (non-hydrogen) atoms. The molecule has 0 saturated heterocycles. The summed E-state index contributed by atoms with van der Waals surface area (Å²) in [6.45, 7) is 7.71. The molecule has 172 valence electrons. The summed E-state index contributed by atoms with van der Waals surface area (Å²) < 4.78 is 10.7. The van der Waals surface area contributed by atoms with Crippen LogP contribution in [-0.4, -0.2) is 46.9 Å². The van der Waals surface area contributed by atoms with E-state index in [1.807, 2.05) is 13.8 Å². The highest BCUT2D eigenvalue weighted by molar-refractivity contribution is 5.91. The van der Waals surface area contributed by atoms with Crippen molar-refractivity contribution in [2.24, 2.45) is 28.6 Å². The van der Waals surface area contributed by atoms with E-state index in [0.29, 0.717) is 19.4 Å². The molecule has 2 saturated carbocycles. The molecule has 6 nitrogen and oxygen atoms in total. The minimum Gasteiger partial charge on any atom is -0.498 e. The molecule has 0 radical (unpaired) electrons. The predicted molar refractivity (Wildman–Crippen MR) is 115 cm³/mol. The van der Waals surface area contributed by atoms with Crippen LogP contribution in [-0.2, 0) is 19.1 Å². The van der Waals surface area contributed by atoms with Crippen LogP contribution in [0.3, 0.4) is 0 Å². The summed E-state index contributed by atoms with van der Waals surface area (Å²) in [5, 5.41) is 23.0. The Balaban J connectivity index is 1.65. The fourth-order valence-corrected chi connectivity index (χ4v) is 7.48. The van der Waals surface area contributed by atoms with Gasteiger partial charge in [0.05, 0.1) is 18.5 Å². The lowest BCUT2D eigenvalue weighted by atomic mass is 9.46. The van der Waals surface area contributed by atoms with Crippen molar-refractivity contribution in [3.05, 3.63) is 23.5 Å². The summed E-state index contributed by atoms with van der Waals surface area (Å²) in [5.41, 5.74) is -1.18. The molecule has 2 fully saturated rings. The average Bonchev–Trinajstić information content (AvgIpc) is 2.98. The maximum atomic E-state index is 12.9. The number of aliphatic hydroxyl groups is 2. The number of allylic oxidation sites excluding steroid dienone is 4. The van der Waals surface area contributed by atoms with Gasteiger partial charge in [-0.1, -0.05) is 19.9 Å². The van der Waals surface area contributed by atoms with E-state index < -0.39 is 35.5 Å². The molecule has 0 amide bonds. The average molecular weight is 433 g/mol. The summed E-state index contributed by atoms with van der Waals surface area (Å²) in [5.74, 6) is 0.481. The number of rotatable bonds is 5. The second kappa shape index (κ2) is 7.73. The van der Waals surface area contributed by atoms with E-state index in [1.54, 1.807) is 0 Å². The smallest absolute Gasteiger partial charge is 0.303 e. The van der Waals surface area contributed by atoms with Gasteiger partial charge in [-0.25, -0.2) is 0 Å². The second-order valence-electron chi connectivity index (χ2n) is 10.4. The SMILES string of the molecule is CCOC1=CC2=CC[C@@H]3[C@@H]([C@@H](O)C[C@@]4(C)[C@@H]3CC[C@@]4(O)C(=O)COC(C)=O)[C@@]2(C)CC1. The Kier molecular flexibility index (Phi) is 5.62. The van der Waals surface area contributed by atoms with Crippen molar-refractivity contribution in [2.75, 3.05) is 13.2 Å². The summed E-state index contributed by atoms with van der Waals surface area (Å²) in [6, 6.07) is 0. The molecule has 6 heteroatoms. The zero-order valence-electron chi connectivity index (χ0n) is 19.1. The van der Waals surface area contributed by atoms with E-state index in [4.69, 9.17) is 9.47 Å². The Hall–Kier alpha value is -1.66. The molecule has 0 heterocycles. The standard InChI is InChI=1S/C25H36O6/c1-5-30-17-8-10-23(3)16(12-17)6-7-18-19-9-11-25(29,21(28)14-31-15(2)26)24(19,4)13-20(27)22(18)23/h6,12,18-20,22,27,29H,5,7-11,13-14H2,1-4H3/t18-,19+,20-,22-,23-,24-,25+/m0/s1. The largest absolute Gasteiger partial charge is 0.498 e. The van der Waals surface area contributed by atoms with Gasteiger partial charge in [-0.2, -0.15) is 0 Å². The maximum Gasteiger partial charge on any atom is 0.303 e. The first-order valence-corrected chi connectivity index (χ1v) is 11.7. The minimum atomic E-state index is -1.57. The lowest BCUT2D eigenvalue weighted by Gasteiger charge is -2.59. The number of aliphatic hydroxyl groups excluding tert-OH is 1. The molecule has 0 bridgehead atoms. The highest BCUT2D eigenvalue weighted by Gasteiger charge is 2.68. The quantitative estimate of drug-likeness (QED) is 0.648. The van der Waals surface area contributed by atoms with Crippen molar-refractivity contribution in [2.45, 2.75) is 77.9 Å². The van der Waals surface area contributed by atoms with E-state index in [2.05, 4.69) is 19.1 Å². The van der Waals surface area contributed by atoms with Crippen LogP contribution in [0.15, 0.2) is 23.5 Å². The molecule has 0 aromatic heterocycles. The van der Waals surface area contributed by atoms with Gasteiger partial charge >= 0.3 is 5.97 Å². The summed E-state index contributed by atoms with van der Waals surface area (Å²) >= 11 is 0. The topological polar surface area (TPSA) is 93.1 Å². The molecule has 0 spiro atoms. The summed E-state index contributed by atoms with van der Waals surface area (Å²) in [7, 11) is 0.